The van der Waals surface area contributed by atoms with Gasteiger partial charge in [0.2, 0.25) is 0 Å². The second-order valence-electron chi connectivity index (χ2n) is 15.6. The van der Waals surface area contributed by atoms with E-state index in [0.29, 0.717) is 0 Å². The van der Waals surface area contributed by atoms with Gasteiger partial charge in [-0.2, -0.15) is 0 Å². The Balaban J connectivity index is 1.09. The number of para-hydroxylation sites is 4. The molecule has 0 spiro atoms. The van der Waals surface area contributed by atoms with Crippen molar-refractivity contribution in [3.8, 4) is 39.1 Å². The van der Waals surface area contributed by atoms with Crippen LogP contribution in [0, 0.1) is 0 Å². The van der Waals surface area contributed by atoms with Gasteiger partial charge in [-0.05, 0) is 93.2 Å². The maximum atomic E-state index is 7.20. The first-order valence-electron chi connectivity index (χ1n) is 20.8. The van der Waals surface area contributed by atoms with E-state index in [1.807, 2.05) is 0 Å². The van der Waals surface area contributed by atoms with Crippen molar-refractivity contribution in [1.82, 2.24) is 4.57 Å². The average Bonchev–Trinajstić information content (AvgIpc) is 3.89. The lowest BCUT2D eigenvalue weighted by Crippen LogP contribution is -2.10. The number of nitrogens with zero attached hydrogens (tertiary/aromatic N) is 2. The highest BCUT2D eigenvalue weighted by Gasteiger charge is 2.23. The third-order valence-corrected chi connectivity index (χ3v) is 12.2. The number of rotatable bonds is 7. The molecule has 0 bridgehead atoms. The second-order valence-corrected chi connectivity index (χ2v) is 15.6. The van der Waals surface area contributed by atoms with Crippen molar-refractivity contribution >= 4 is 71.6 Å². The summed E-state index contributed by atoms with van der Waals surface area (Å²) in [5, 5.41) is 7.00. The highest BCUT2D eigenvalue weighted by atomic mass is 16.3. The van der Waals surface area contributed by atoms with Gasteiger partial charge in [0, 0.05) is 44.2 Å². The summed E-state index contributed by atoms with van der Waals surface area (Å²) in [7, 11) is 0. The fourth-order valence-electron chi connectivity index (χ4n) is 9.42. The van der Waals surface area contributed by atoms with Crippen LogP contribution in [-0.4, -0.2) is 4.57 Å². The van der Waals surface area contributed by atoms with Crippen LogP contribution in [0.5, 0.6) is 0 Å². The normalized spacial score (nSPS) is 11.6. The molecule has 12 aromatic rings. The van der Waals surface area contributed by atoms with E-state index >= 15 is 0 Å². The van der Waals surface area contributed by atoms with E-state index in [-0.39, 0.29) is 0 Å². The van der Waals surface area contributed by atoms with E-state index in [2.05, 4.69) is 240 Å². The van der Waals surface area contributed by atoms with E-state index in [1.165, 1.54) is 49.4 Å². The summed E-state index contributed by atoms with van der Waals surface area (Å²) in [5.41, 5.74) is 15.3. The van der Waals surface area contributed by atoms with Crippen LogP contribution in [0.4, 0.5) is 17.1 Å². The van der Waals surface area contributed by atoms with Crippen molar-refractivity contribution in [1.29, 1.82) is 0 Å². The number of benzene rings is 10. The summed E-state index contributed by atoms with van der Waals surface area (Å²) in [5.74, 6) is 0. The fraction of sp³-hybridized carbons (Fsp3) is 0. The van der Waals surface area contributed by atoms with E-state index in [0.717, 1.165) is 61.2 Å². The fourth-order valence-corrected chi connectivity index (χ4v) is 9.42. The topological polar surface area (TPSA) is 21.3 Å². The zero-order valence-electron chi connectivity index (χ0n) is 33.2. The van der Waals surface area contributed by atoms with Crippen molar-refractivity contribution in [3.05, 3.63) is 231 Å². The highest BCUT2D eigenvalue weighted by Crippen LogP contribution is 2.47. The number of anilines is 3. The molecule has 2 aromatic heterocycles. The van der Waals surface area contributed by atoms with Crippen LogP contribution in [0.1, 0.15) is 0 Å². The maximum Gasteiger partial charge on any atom is 0.159 e. The molecule has 2 heterocycles. The van der Waals surface area contributed by atoms with Crippen LogP contribution >= 0.6 is 0 Å². The van der Waals surface area contributed by atoms with Crippen LogP contribution in [0.2, 0.25) is 0 Å². The first-order chi connectivity index (χ1) is 30.3. The van der Waals surface area contributed by atoms with Crippen molar-refractivity contribution in [3.63, 3.8) is 0 Å². The Bertz CT molecular complexity index is 3470. The van der Waals surface area contributed by atoms with Crippen LogP contribution < -0.4 is 4.90 Å². The lowest BCUT2D eigenvalue weighted by molar-refractivity contribution is 0.669. The Labute approximate surface area is 353 Å². The molecule has 0 aliphatic heterocycles. The van der Waals surface area contributed by atoms with Gasteiger partial charge in [-0.1, -0.05) is 176 Å². The third kappa shape index (κ3) is 5.74. The molecule has 3 nitrogen and oxygen atoms in total. The lowest BCUT2D eigenvalue weighted by Gasteiger charge is -2.26. The number of hydrogen-bond donors (Lipinski definition) is 0. The lowest BCUT2D eigenvalue weighted by atomic mass is 9.93. The number of hydrogen-bond acceptors (Lipinski definition) is 2. The molecule has 286 valence electrons. The largest absolute Gasteiger partial charge is 0.454 e. The van der Waals surface area contributed by atoms with Crippen LogP contribution in [0.25, 0.3) is 93.6 Å². The number of fused-ring (bicyclic) bond motifs is 8. The van der Waals surface area contributed by atoms with Gasteiger partial charge < -0.3 is 13.9 Å². The molecular weight excluding hydrogens is 741 g/mol. The molecule has 3 heteroatoms. The van der Waals surface area contributed by atoms with Gasteiger partial charge in [0.1, 0.15) is 5.58 Å². The van der Waals surface area contributed by atoms with E-state index in [1.54, 1.807) is 0 Å². The molecule has 12 rings (SSSR count). The summed E-state index contributed by atoms with van der Waals surface area (Å²) in [6.45, 7) is 0. The molecule has 0 unspecified atom stereocenters. The smallest absolute Gasteiger partial charge is 0.159 e. The minimum Gasteiger partial charge on any atom is -0.454 e. The summed E-state index contributed by atoms with van der Waals surface area (Å²) in [4.78, 5) is 2.33. The van der Waals surface area contributed by atoms with Gasteiger partial charge in [-0.3, -0.25) is 0 Å². The maximum absolute atomic E-state index is 7.20. The first kappa shape index (κ1) is 34.9. The molecule has 0 saturated carbocycles. The van der Waals surface area contributed by atoms with Crippen LogP contribution in [-0.2, 0) is 0 Å². The van der Waals surface area contributed by atoms with Crippen molar-refractivity contribution in [2.75, 3.05) is 4.90 Å². The summed E-state index contributed by atoms with van der Waals surface area (Å²) in [6, 6.07) is 82.6. The van der Waals surface area contributed by atoms with Gasteiger partial charge in [0.15, 0.2) is 5.58 Å². The van der Waals surface area contributed by atoms with E-state index < -0.39 is 0 Å². The third-order valence-electron chi connectivity index (χ3n) is 12.2. The minimum absolute atomic E-state index is 0.843. The summed E-state index contributed by atoms with van der Waals surface area (Å²) >= 11 is 0. The zero-order valence-corrected chi connectivity index (χ0v) is 33.2. The SMILES string of the molecule is c1ccc(-c2ccc(N(c3ccc(-c4ccccc4)cc3)c3cccc4c3oc3cc(-c5cccc6c7ccccc7n(-c7ccccc7)c56)c5ccccc5c34)cc2)cc1. The Morgan fingerprint density at radius 2 is 0.869 bits per heavy atom. The van der Waals surface area contributed by atoms with Crippen LogP contribution in [0.3, 0.4) is 0 Å². The molecule has 0 fully saturated rings. The predicted octanol–water partition coefficient (Wildman–Crippen LogP) is 16.3. The van der Waals surface area contributed by atoms with Gasteiger partial charge in [-0.15, -0.1) is 0 Å². The van der Waals surface area contributed by atoms with Gasteiger partial charge in [0.05, 0.1) is 16.7 Å². The van der Waals surface area contributed by atoms with Gasteiger partial charge in [0.25, 0.3) is 0 Å². The van der Waals surface area contributed by atoms with Crippen molar-refractivity contribution in [2.24, 2.45) is 0 Å². The van der Waals surface area contributed by atoms with Crippen LogP contribution in [0.15, 0.2) is 235 Å². The van der Waals surface area contributed by atoms with Crippen molar-refractivity contribution in [2.45, 2.75) is 0 Å². The summed E-state index contributed by atoms with van der Waals surface area (Å²) < 4.78 is 9.62. The molecule has 0 amide bonds. The average molecular weight is 779 g/mol. The quantitative estimate of drug-likeness (QED) is 0.161. The molecule has 0 N–H and O–H groups in total. The van der Waals surface area contributed by atoms with Crippen molar-refractivity contribution < 1.29 is 4.42 Å². The molecule has 0 aliphatic carbocycles. The molecule has 10 aromatic carbocycles. The molecule has 61 heavy (non-hydrogen) atoms. The summed E-state index contributed by atoms with van der Waals surface area (Å²) in [6.07, 6.45) is 0. The molecule has 0 aliphatic rings. The monoisotopic (exact) mass is 778 g/mol. The van der Waals surface area contributed by atoms with E-state index in [4.69, 9.17) is 4.42 Å². The molecule has 0 radical (unpaired) electrons. The Morgan fingerprint density at radius 3 is 1.52 bits per heavy atom. The number of aromatic nitrogens is 1. The second kappa shape index (κ2) is 14.3. The zero-order chi connectivity index (χ0) is 40.3. The Hall–Kier alpha value is -8.14. The predicted molar refractivity (Wildman–Crippen MR) is 257 cm³/mol. The molecule has 0 atom stereocenters. The van der Waals surface area contributed by atoms with Gasteiger partial charge >= 0.3 is 0 Å². The molecule has 0 saturated heterocycles. The minimum atomic E-state index is 0.843. The number of furan rings is 1. The Kier molecular flexibility index (Phi) is 8.17. The van der Waals surface area contributed by atoms with Gasteiger partial charge in [-0.25, -0.2) is 0 Å². The standard InChI is InChI=1S/C58H38N2O/c1-4-16-39(17-5-1)41-30-34-44(35-31-41)59(45-36-32-42(33-37-45)40-18-6-2-7-19-40)54-29-15-27-51-56-48-24-11-10-22-46(48)52(38-55(56)61-58(51)54)50-26-14-25-49-47-23-12-13-28-53(47)60(57(49)50)43-20-8-3-9-21-43/h1-38H. The molecular formula is C58H38N2O. The first-order valence-corrected chi connectivity index (χ1v) is 20.8. The van der Waals surface area contributed by atoms with E-state index in [9.17, 15) is 0 Å². The highest BCUT2D eigenvalue weighted by molar-refractivity contribution is 6.25. The Morgan fingerprint density at radius 1 is 0.361 bits per heavy atom.